The van der Waals surface area contributed by atoms with Crippen molar-refractivity contribution in [3.63, 3.8) is 0 Å². The van der Waals surface area contributed by atoms with Gasteiger partial charge in [-0.1, -0.05) is 6.92 Å². The molecule has 4 N–H and O–H groups in total. The van der Waals surface area contributed by atoms with E-state index in [9.17, 15) is 10.1 Å². The zero-order chi connectivity index (χ0) is 14.9. The topological polar surface area (TPSA) is 124 Å². The molecular weight excluding hydrogens is 254 g/mol. The van der Waals surface area contributed by atoms with Gasteiger partial charge in [-0.3, -0.25) is 10.1 Å². The highest BCUT2D eigenvalue weighted by molar-refractivity contribution is 5.34. The predicted octanol–water partition coefficient (Wildman–Crippen LogP) is 0.660. The third-order valence-corrected chi connectivity index (χ3v) is 2.82. The Balaban J connectivity index is 0.000000344. The molecule has 0 radical (unpaired) electrons. The van der Waals surface area contributed by atoms with Crippen molar-refractivity contribution in [1.29, 1.82) is 0 Å². The van der Waals surface area contributed by atoms with E-state index in [0.29, 0.717) is 6.42 Å². The van der Waals surface area contributed by atoms with Gasteiger partial charge in [0.1, 0.15) is 5.75 Å². The lowest BCUT2D eigenvalue weighted by Gasteiger charge is -2.24. The van der Waals surface area contributed by atoms with E-state index in [1.165, 1.54) is 24.3 Å². The second-order valence-electron chi connectivity index (χ2n) is 4.10. The normalized spacial score (nSPS) is 10.5. The molecule has 0 heterocycles. The number of nitrogens with zero attached hydrogens (tertiary/aromatic N) is 1. The van der Waals surface area contributed by atoms with Crippen molar-refractivity contribution in [3.05, 3.63) is 34.4 Å². The van der Waals surface area contributed by atoms with Gasteiger partial charge in [-0.05, 0) is 18.6 Å². The molecule has 0 aliphatic rings. The summed E-state index contributed by atoms with van der Waals surface area (Å²) in [6.07, 6.45) is 0.594. The molecule has 0 amide bonds. The lowest BCUT2D eigenvalue weighted by molar-refractivity contribution is -0.384. The van der Waals surface area contributed by atoms with Crippen LogP contribution in [-0.2, 0) is 0 Å². The van der Waals surface area contributed by atoms with Crippen LogP contribution >= 0.6 is 0 Å². The second kappa shape index (κ2) is 8.41. The average Bonchev–Trinajstić information content (AvgIpc) is 2.43. The fraction of sp³-hybridized carbons (Fsp3) is 0.500. The minimum atomic E-state index is -0.667. The molecule has 1 aromatic carbocycles. The zero-order valence-electron chi connectivity index (χ0n) is 10.7. The molecule has 1 aromatic rings. The monoisotopic (exact) mass is 273 g/mol. The minimum Gasteiger partial charge on any atom is -0.508 e. The lowest BCUT2D eigenvalue weighted by atomic mass is 9.88. The van der Waals surface area contributed by atoms with E-state index in [1.807, 2.05) is 6.92 Å². The van der Waals surface area contributed by atoms with Gasteiger partial charge in [0.2, 0.25) is 0 Å². The number of nitro groups is 1. The third kappa shape index (κ3) is 5.64. The van der Waals surface area contributed by atoms with E-state index in [1.54, 1.807) is 0 Å². The summed E-state index contributed by atoms with van der Waals surface area (Å²) in [7, 11) is 0. The molecule has 0 aromatic heterocycles. The van der Waals surface area contributed by atoms with E-state index in [-0.39, 0.29) is 31.3 Å². The molecule has 1 rings (SSSR count). The number of hydrogen-bond donors (Lipinski definition) is 4. The average molecular weight is 273 g/mol. The highest BCUT2D eigenvalue weighted by atomic mass is 16.6. The van der Waals surface area contributed by atoms with Crippen molar-refractivity contribution in [2.75, 3.05) is 19.8 Å². The van der Waals surface area contributed by atoms with Crippen LogP contribution in [0.15, 0.2) is 24.3 Å². The van der Waals surface area contributed by atoms with Crippen molar-refractivity contribution >= 4 is 5.69 Å². The summed E-state index contributed by atoms with van der Waals surface area (Å²) in [4.78, 5) is 9.52. The van der Waals surface area contributed by atoms with Crippen molar-refractivity contribution in [1.82, 2.24) is 0 Å². The van der Waals surface area contributed by atoms with Crippen molar-refractivity contribution in [2.45, 2.75) is 13.3 Å². The number of aliphatic hydroxyl groups excluding tert-OH is 3. The van der Waals surface area contributed by atoms with Gasteiger partial charge >= 0.3 is 0 Å². The quantitative estimate of drug-likeness (QED) is 0.461. The predicted molar refractivity (Wildman–Crippen MR) is 68.7 cm³/mol. The highest BCUT2D eigenvalue weighted by Gasteiger charge is 2.24. The van der Waals surface area contributed by atoms with Crippen LogP contribution in [0.25, 0.3) is 0 Å². The first kappa shape index (κ1) is 17.3. The smallest absolute Gasteiger partial charge is 0.269 e. The Kier molecular flexibility index (Phi) is 7.66. The Bertz CT molecular complexity index is 357. The van der Waals surface area contributed by atoms with Crippen molar-refractivity contribution in [3.8, 4) is 5.75 Å². The highest BCUT2D eigenvalue weighted by Crippen LogP contribution is 2.18. The van der Waals surface area contributed by atoms with Gasteiger partial charge in [-0.25, -0.2) is 0 Å². The van der Waals surface area contributed by atoms with E-state index < -0.39 is 10.3 Å². The lowest BCUT2D eigenvalue weighted by Crippen LogP contribution is -2.32. The number of hydrogen-bond acceptors (Lipinski definition) is 6. The molecule has 0 unspecified atom stereocenters. The van der Waals surface area contributed by atoms with Crippen molar-refractivity contribution < 1.29 is 25.3 Å². The number of aliphatic hydroxyl groups is 3. The van der Waals surface area contributed by atoms with E-state index in [4.69, 9.17) is 20.4 Å². The van der Waals surface area contributed by atoms with Crippen LogP contribution in [0.2, 0.25) is 0 Å². The number of rotatable bonds is 5. The summed E-state index contributed by atoms with van der Waals surface area (Å²) >= 11 is 0. The number of non-ortho nitro benzene ring substituents is 1. The maximum Gasteiger partial charge on any atom is 0.269 e. The summed E-state index contributed by atoms with van der Waals surface area (Å²) in [5.41, 5.74) is -0.683. The van der Waals surface area contributed by atoms with Crippen LogP contribution in [0.1, 0.15) is 13.3 Å². The number of phenols is 1. The number of aromatic hydroxyl groups is 1. The summed E-state index contributed by atoms with van der Waals surface area (Å²) in [5, 5.41) is 44.7. The standard InChI is InChI=1S/C6H5NO3.C6H14O3/c8-6-3-1-5(2-4-6)7(9)10;1-2-6(3-7,4-8)5-9/h1-4,8H;7-9H,2-5H2,1H3. The van der Waals surface area contributed by atoms with E-state index in [2.05, 4.69) is 0 Å². The van der Waals surface area contributed by atoms with Gasteiger partial charge in [-0.2, -0.15) is 0 Å². The van der Waals surface area contributed by atoms with E-state index in [0.717, 1.165) is 0 Å². The molecule has 0 saturated carbocycles. The van der Waals surface area contributed by atoms with Gasteiger partial charge in [0.25, 0.3) is 5.69 Å². The van der Waals surface area contributed by atoms with E-state index >= 15 is 0 Å². The Hall–Kier alpha value is -1.70. The van der Waals surface area contributed by atoms with Gasteiger partial charge in [0.05, 0.1) is 24.7 Å². The first-order chi connectivity index (χ1) is 8.94. The third-order valence-electron chi connectivity index (χ3n) is 2.82. The largest absolute Gasteiger partial charge is 0.508 e. The van der Waals surface area contributed by atoms with Gasteiger partial charge in [0.15, 0.2) is 0 Å². The van der Waals surface area contributed by atoms with Crippen molar-refractivity contribution in [2.24, 2.45) is 5.41 Å². The molecule has 0 aliphatic carbocycles. The summed E-state index contributed by atoms with van der Waals surface area (Å²) in [6, 6.07) is 5.04. The fourth-order valence-electron chi connectivity index (χ4n) is 1.06. The minimum absolute atomic E-state index is 0.0159. The first-order valence-corrected chi connectivity index (χ1v) is 5.70. The Morgan fingerprint density at radius 2 is 1.53 bits per heavy atom. The molecule has 0 atom stereocenters. The van der Waals surface area contributed by atoms with Crippen LogP contribution in [0.4, 0.5) is 5.69 Å². The number of phenolic OH excluding ortho intramolecular Hbond substituents is 1. The van der Waals surface area contributed by atoms with Gasteiger partial charge < -0.3 is 20.4 Å². The van der Waals surface area contributed by atoms with Gasteiger partial charge in [-0.15, -0.1) is 0 Å². The Morgan fingerprint density at radius 1 is 1.11 bits per heavy atom. The summed E-state index contributed by atoms with van der Waals surface area (Å²) in [5.74, 6) is 0.0330. The van der Waals surface area contributed by atoms with Gasteiger partial charge in [0, 0.05) is 17.5 Å². The molecule has 0 bridgehead atoms. The summed E-state index contributed by atoms with van der Waals surface area (Å²) in [6.45, 7) is 1.35. The molecule has 0 saturated heterocycles. The number of benzene rings is 1. The SMILES string of the molecule is CCC(CO)(CO)CO.O=[N+]([O-])c1ccc(O)cc1. The molecule has 7 heteroatoms. The zero-order valence-corrected chi connectivity index (χ0v) is 10.7. The molecule has 108 valence electrons. The maximum atomic E-state index is 10.0. The first-order valence-electron chi connectivity index (χ1n) is 5.70. The number of nitro benzene ring substituents is 1. The Morgan fingerprint density at radius 3 is 1.74 bits per heavy atom. The Labute approximate surface area is 110 Å². The molecule has 0 aliphatic heterocycles. The summed E-state index contributed by atoms with van der Waals surface area (Å²) < 4.78 is 0. The second-order valence-corrected chi connectivity index (χ2v) is 4.10. The molecule has 0 fully saturated rings. The fourth-order valence-corrected chi connectivity index (χ4v) is 1.06. The molecule has 0 spiro atoms. The molecular formula is C12H19NO6. The van der Waals surface area contributed by atoms with Crippen LogP contribution in [0, 0.1) is 15.5 Å². The van der Waals surface area contributed by atoms with Crippen LogP contribution in [-0.4, -0.2) is 45.2 Å². The molecule has 19 heavy (non-hydrogen) atoms. The van der Waals surface area contributed by atoms with Crippen LogP contribution in [0.5, 0.6) is 5.75 Å². The molecule has 7 nitrogen and oxygen atoms in total. The van der Waals surface area contributed by atoms with Crippen LogP contribution in [0.3, 0.4) is 0 Å². The maximum absolute atomic E-state index is 10.0. The van der Waals surface area contributed by atoms with Crippen LogP contribution < -0.4 is 0 Å².